The molecule has 0 unspecified atom stereocenters. The van der Waals surface area contributed by atoms with Gasteiger partial charge in [0.15, 0.2) is 0 Å². The Morgan fingerprint density at radius 2 is 1.96 bits per heavy atom. The molecule has 0 spiro atoms. The molecule has 1 amide bonds. The number of carbonyl (C=O) groups is 2. The van der Waals surface area contributed by atoms with Gasteiger partial charge in [-0.05, 0) is 40.7 Å². The van der Waals surface area contributed by atoms with Crippen LogP contribution >= 0.6 is 0 Å². The first kappa shape index (κ1) is 18.8. The molecule has 0 radical (unpaired) electrons. The van der Waals surface area contributed by atoms with Crippen LogP contribution in [0, 0.1) is 20.8 Å². The van der Waals surface area contributed by atoms with Crippen molar-refractivity contribution in [2.75, 3.05) is 6.61 Å². The van der Waals surface area contributed by atoms with Crippen LogP contribution in [0.2, 0.25) is 0 Å². The lowest BCUT2D eigenvalue weighted by Crippen LogP contribution is -2.31. The first-order valence-electron chi connectivity index (χ1n) is 8.37. The number of hydrogen-bond donors (Lipinski definition) is 1. The summed E-state index contributed by atoms with van der Waals surface area (Å²) in [6.07, 6.45) is 1.77. The van der Waals surface area contributed by atoms with E-state index >= 15 is 0 Å². The van der Waals surface area contributed by atoms with Gasteiger partial charge in [0.25, 0.3) is 0 Å². The van der Waals surface area contributed by atoms with E-state index in [1.54, 1.807) is 23.9 Å². The minimum absolute atomic E-state index is 0.118. The van der Waals surface area contributed by atoms with Crippen molar-refractivity contribution in [3.8, 4) is 0 Å². The molecule has 7 nitrogen and oxygen atoms in total. The molecule has 0 aromatic carbocycles. The molecule has 0 saturated heterocycles. The third kappa shape index (κ3) is 3.92. The summed E-state index contributed by atoms with van der Waals surface area (Å²) in [6, 6.07) is 1.62. The number of nitrogens with zero attached hydrogens (tertiary/aromatic N) is 3. The van der Waals surface area contributed by atoms with Crippen LogP contribution < -0.4 is 5.32 Å². The molecule has 1 N–H and O–H groups in total. The average Bonchev–Trinajstić information content (AvgIpc) is 3.02. The second kappa shape index (κ2) is 7.55. The first-order chi connectivity index (χ1) is 11.8. The van der Waals surface area contributed by atoms with Gasteiger partial charge in [-0.2, -0.15) is 5.10 Å². The van der Waals surface area contributed by atoms with Gasteiger partial charge >= 0.3 is 5.97 Å². The van der Waals surface area contributed by atoms with Crippen molar-refractivity contribution in [1.82, 2.24) is 19.7 Å². The van der Waals surface area contributed by atoms with Gasteiger partial charge in [-0.15, -0.1) is 0 Å². The zero-order valence-electron chi connectivity index (χ0n) is 15.7. The lowest BCUT2D eigenvalue weighted by atomic mass is 10.1. The molecule has 2 aromatic rings. The molecular formula is C18H26N4O3. The predicted molar refractivity (Wildman–Crippen MR) is 94.4 cm³/mol. The first-order valence-corrected chi connectivity index (χ1v) is 8.37. The quantitative estimate of drug-likeness (QED) is 0.814. The average molecular weight is 346 g/mol. The molecule has 2 rings (SSSR count). The van der Waals surface area contributed by atoms with Gasteiger partial charge in [-0.1, -0.05) is 0 Å². The Balaban J connectivity index is 2.10. The lowest BCUT2D eigenvalue weighted by molar-refractivity contribution is -0.122. The van der Waals surface area contributed by atoms with Crippen molar-refractivity contribution in [3.05, 3.63) is 40.5 Å². The maximum absolute atomic E-state index is 12.4. The third-order valence-electron chi connectivity index (χ3n) is 4.49. The highest BCUT2D eigenvalue weighted by Gasteiger charge is 2.19. The number of amides is 1. The Morgan fingerprint density at radius 3 is 2.52 bits per heavy atom. The van der Waals surface area contributed by atoms with E-state index in [0.29, 0.717) is 12.2 Å². The van der Waals surface area contributed by atoms with E-state index in [0.717, 1.165) is 22.6 Å². The summed E-state index contributed by atoms with van der Waals surface area (Å²) in [7, 11) is 1.87. The largest absolute Gasteiger partial charge is 0.462 e. The fraction of sp³-hybridized carbons (Fsp3) is 0.500. The molecule has 0 aliphatic heterocycles. The van der Waals surface area contributed by atoms with Crippen molar-refractivity contribution >= 4 is 11.9 Å². The summed E-state index contributed by atoms with van der Waals surface area (Å²) < 4.78 is 8.66. The molecule has 0 fully saturated rings. The van der Waals surface area contributed by atoms with Crippen molar-refractivity contribution in [2.45, 2.75) is 47.2 Å². The van der Waals surface area contributed by atoms with Crippen molar-refractivity contribution < 1.29 is 14.3 Å². The zero-order valence-corrected chi connectivity index (χ0v) is 15.7. The van der Waals surface area contributed by atoms with Crippen molar-refractivity contribution in [1.29, 1.82) is 0 Å². The number of ether oxygens (including phenoxy) is 1. The summed E-state index contributed by atoms with van der Waals surface area (Å²) in [5, 5.41) is 7.19. The second-order valence-electron chi connectivity index (χ2n) is 6.19. The molecule has 136 valence electrons. The molecule has 2 heterocycles. The van der Waals surface area contributed by atoms with Gasteiger partial charge in [0.1, 0.15) is 6.54 Å². The van der Waals surface area contributed by atoms with Crippen LogP contribution in [0.4, 0.5) is 0 Å². The number of carbonyl (C=O) groups excluding carboxylic acids is 2. The third-order valence-corrected chi connectivity index (χ3v) is 4.49. The van der Waals surface area contributed by atoms with Crippen molar-refractivity contribution in [2.24, 2.45) is 7.05 Å². The maximum Gasteiger partial charge on any atom is 0.339 e. The SMILES string of the molecule is CCOC(=O)c1cc(C)n(CC(=O)N[C@@H](C)c2cnn(C)c2C)c1C. The van der Waals surface area contributed by atoms with Gasteiger partial charge in [-0.3, -0.25) is 9.48 Å². The smallest absolute Gasteiger partial charge is 0.339 e. The molecule has 0 aliphatic carbocycles. The number of aromatic nitrogens is 3. The molecule has 2 aromatic heterocycles. The Kier molecular flexibility index (Phi) is 5.66. The van der Waals surface area contributed by atoms with E-state index in [4.69, 9.17) is 4.74 Å². The van der Waals surface area contributed by atoms with Crippen LogP contribution in [0.5, 0.6) is 0 Å². The predicted octanol–water partition coefficient (Wildman–Crippen LogP) is 2.20. The van der Waals surface area contributed by atoms with E-state index in [1.807, 2.05) is 39.3 Å². The van der Waals surface area contributed by atoms with E-state index in [9.17, 15) is 9.59 Å². The van der Waals surface area contributed by atoms with Gasteiger partial charge in [-0.25, -0.2) is 4.79 Å². The number of aryl methyl sites for hydroxylation is 2. The number of nitrogens with one attached hydrogen (secondary N) is 1. The van der Waals surface area contributed by atoms with Gasteiger partial charge < -0.3 is 14.6 Å². The van der Waals surface area contributed by atoms with Crippen LogP contribution in [0.25, 0.3) is 0 Å². The summed E-state index contributed by atoms with van der Waals surface area (Å²) >= 11 is 0. The van der Waals surface area contributed by atoms with Gasteiger partial charge in [0, 0.05) is 29.7 Å². The van der Waals surface area contributed by atoms with Gasteiger partial charge in [0.05, 0.1) is 24.4 Å². The Hall–Kier alpha value is -2.57. The fourth-order valence-electron chi connectivity index (χ4n) is 2.91. The van der Waals surface area contributed by atoms with Crippen LogP contribution in [-0.2, 0) is 23.1 Å². The Labute approximate surface area is 148 Å². The normalized spacial score (nSPS) is 12.1. The van der Waals surface area contributed by atoms with E-state index in [2.05, 4.69) is 10.4 Å². The maximum atomic E-state index is 12.4. The second-order valence-corrected chi connectivity index (χ2v) is 6.19. The van der Waals surface area contributed by atoms with E-state index in [-0.39, 0.29) is 24.5 Å². The summed E-state index contributed by atoms with van der Waals surface area (Å²) in [5.41, 5.74) is 4.09. The monoisotopic (exact) mass is 346 g/mol. The highest BCUT2D eigenvalue weighted by molar-refractivity contribution is 5.91. The fourth-order valence-corrected chi connectivity index (χ4v) is 2.91. The highest BCUT2D eigenvalue weighted by Crippen LogP contribution is 2.18. The van der Waals surface area contributed by atoms with Crippen LogP contribution in [-0.4, -0.2) is 32.8 Å². The summed E-state index contributed by atoms with van der Waals surface area (Å²) in [5.74, 6) is -0.477. The Bertz CT molecular complexity index is 789. The zero-order chi connectivity index (χ0) is 18.7. The minimum atomic E-state index is -0.360. The summed E-state index contributed by atoms with van der Waals surface area (Å²) in [4.78, 5) is 24.4. The minimum Gasteiger partial charge on any atom is -0.462 e. The number of hydrogen-bond acceptors (Lipinski definition) is 4. The molecule has 25 heavy (non-hydrogen) atoms. The summed E-state index contributed by atoms with van der Waals surface area (Å²) in [6.45, 7) is 9.84. The molecule has 0 bridgehead atoms. The molecular weight excluding hydrogens is 320 g/mol. The standard InChI is InChI=1S/C18H26N4O3/c1-7-25-18(24)15-8-11(2)22(14(15)5)10-17(23)20-12(3)16-9-19-21(6)13(16)4/h8-9,12H,7,10H2,1-6H3,(H,20,23)/t12-/m0/s1. The number of rotatable bonds is 6. The molecule has 7 heteroatoms. The highest BCUT2D eigenvalue weighted by atomic mass is 16.5. The van der Waals surface area contributed by atoms with E-state index in [1.165, 1.54) is 0 Å². The molecule has 0 aliphatic rings. The van der Waals surface area contributed by atoms with Crippen molar-refractivity contribution in [3.63, 3.8) is 0 Å². The van der Waals surface area contributed by atoms with Crippen LogP contribution in [0.1, 0.15) is 52.9 Å². The molecule has 0 saturated carbocycles. The topological polar surface area (TPSA) is 78.2 Å². The van der Waals surface area contributed by atoms with Gasteiger partial charge in [0.2, 0.25) is 5.91 Å². The van der Waals surface area contributed by atoms with Crippen LogP contribution in [0.15, 0.2) is 12.3 Å². The number of esters is 1. The Morgan fingerprint density at radius 1 is 1.28 bits per heavy atom. The van der Waals surface area contributed by atoms with E-state index < -0.39 is 0 Å². The van der Waals surface area contributed by atoms with Crippen LogP contribution in [0.3, 0.4) is 0 Å². The molecule has 1 atom stereocenters. The lowest BCUT2D eigenvalue weighted by Gasteiger charge is -2.15.